The predicted molar refractivity (Wildman–Crippen MR) is 165 cm³/mol. The molecule has 4 aromatic rings. The largest absolute Gasteiger partial charge is 0.497 e. The molecule has 2 aliphatic rings. The molecule has 0 aromatic heterocycles. The number of methoxy groups -OCH3 is 2. The van der Waals surface area contributed by atoms with Crippen LogP contribution in [0.5, 0.6) is 11.5 Å². The predicted octanol–water partition coefficient (Wildman–Crippen LogP) is 5.34. The van der Waals surface area contributed by atoms with Gasteiger partial charge in [0.15, 0.2) is 12.2 Å². The minimum atomic E-state index is -0.616. The van der Waals surface area contributed by atoms with Gasteiger partial charge < -0.3 is 28.7 Å². The van der Waals surface area contributed by atoms with Crippen LogP contribution in [0.25, 0.3) is 0 Å². The molecule has 2 amide bonds. The highest BCUT2D eigenvalue weighted by molar-refractivity contribution is 5.90. The van der Waals surface area contributed by atoms with E-state index in [9.17, 15) is 9.59 Å². The zero-order chi connectivity index (χ0) is 30.5. The Morgan fingerprint density at radius 2 is 0.886 bits per heavy atom. The average Bonchev–Trinajstić information content (AvgIpc) is 3.08. The van der Waals surface area contributed by atoms with E-state index in [1.165, 1.54) is 0 Å². The van der Waals surface area contributed by atoms with Gasteiger partial charge in [-0.2, -0.15) is 0 Å². The molecule has 4 aromatic carbocycles. The molecular formula is C36H36N2O6. The molecule has 2 saturated heterocycles. The Hall–Kier alpha value is -4.66. The molecule has 0 spiro atoms. The molecule has 0 N–H and O–H groups in total. The molecule has 0 unspecified atom stereocenters. The third-order valence-electron chi connectivity index (χ3n) is 8.34. The maximum Gasteiger partial charge on any atom is 0.254 e. The first-order valence-electron chi connectivity index (χ1n) is 14.8. The van der Waals surface area contributed by atoms with E-state index in [0.29, 0.717) is 26.3 Å². The summed E-state index contributed by atoms with van der Waals surface area (Å²) >= 11 is 0. The van der Waals surface area contributed by atoms with E-state index in [0.717, 1.165) is 33.8 Å². The second kappa shape index (κ2) is 13.3. The molecule has 2 fully saturated rings. The Labute approximate surface area is 257 Å². The lowest BCUT2D eigenvalue weighted by atomic mass is 9.88. The second-order valence-electron chi connectivity index (χ2n) is 10.9. The van der Waals surface area contributed by atoms with E-state index in [-0.39, 0.29) is 23.9 Å². The van der Waals surface area contributed by atoms with Crippen molar-refractivity contribution in [1.29, 1.82) is 0 Å². The lowest BCUT2D eigenvalue weighted by molar-refractivity contribution is -0.185. The van der Waals surface area contributed by atoms with Crippen LogP contribution in [-0.2, 0) is 32.3 Å². The molecular weight excluding hydrogens is 556 g/mol. The molecule has 0 radical (unpaired) electrons. The lowest BCUT2D eigenvalue weighted by Gasteiger charge is -2.51. The molecule has 8 heteroatoms. The van der Waals surface area contributed by atoms with Crippen molar-refractivity contribution in [3.05, 3.63) is 131 Å². The van der Waals surface area contributed by atoms with E-state index in [1.807, 2.05) is 109 Å². The number of amides is 2. The molecule has 2 heterocycles. The molecule has 0 bridgehead atoms. The highest BCUT2D eigenvalue weighted by atomic mass is 16.5. The number of benzene rings is 4. The van der Waals surface area contributed by atoms with Crippen molar-refractivity contribution in [2.45, 2.75) is 37.5 Å². The van der Waals surface area contributed by atoms with Crippen molar-refractivity contribution in [3.63, 3.8) is 0 Å². The maximum atomic E-state index is 13.5. The number of hydrogen-bond acceptors (Lipinski definition) is 6. The van der Waals surface area contributed by atoms with Gasteiger partial charge in [0, 0.05) is 13.1 Å². The van der Waals surface area contributed by atoms with Crippen LogP contribution in [0.4, 0.5) is 0 Å². The van der Waals surface area contributed by atoms with E-state index in [2.05, 4.69) is 0 Å². The molecule has 2 aliphatic heterocycles. The normalized spacial score (nSPS) is 21.0. The van der Waals surface area contributed by atoms with Crippen LogP contribution in [0, 0.1) is 0 Å². The van der Waals surface area contributed by atoms with Crippen LogP contribution in [0.1, 0.15) is 34.3 Å². The molecule has 226 valence electrons. The van der Waals surface area contributed by atoms with Crippen molar-refractivity contribution in [2.75, 3.05) is 27.3 Å². The van der Waals surface area contributed by atoms with Gasteiger partial charge in [-0.05, 0) is 46.5 Å². The van der Waals surface area contributed by atoms with Gasteiger partial charge >= 0.3 is 0 Å². The van der Waals surface area contributed by atoms with Crippen molar-refractivity contribution in [3.8, 4) is 11.5 Å². The highest BCUT2D eigenvalue weighted by Crippen LogP contribution is 2.41. The van der Waals surface area contributed by atoms with E-state index < -0.39 is 12.2 Å². The monoisotopic (exact) mass is 592 g/mol. The number of ether oxygens (including phenoxy) is 4. The maximum absolute atomic E-state index is 13.5. The summed E-state index contributed by atoms with van der Waals surface area (Å²) in [5.74, 6) is 1.30. The number of β-lactam (4-membered cyclic amide) rings is 2. The van der Waals surface area contributed by atoms with Gasteiger partial charge in [0.1, 0.15) is 11.5 Å². The number of nitrogens with zero attached hydrogens (tertiary/aromatic N) is 2. The zero-order valence-corrected chi connectivity index (χ0v) is 24.9. The quantitative estimate of drug-likeness (QED) is 0.195. The van der Waals surface area contributed by atoms with Crippen LogP contribution < -0.4 is 9.47 Å². The number of carbonyl (C=O) groups excluding carboxylic acids is 2. The first-order valence-corrected chi connectivity index (χ1v) is 14.8. The lowest BCUT2D eigenvalue weighted by Crippen LogP contribution is -2.64. The number of rotatable bonds is 13. The Morgan fingerprint density at radius 3 is 1.23 bits per heavy atom. The van der Waals surface area contributed by atoms with Gasteiger partial charge in [-0.15, -0.1) is 0 Å². The van der Waals surface area contributed by atoms with E-state index >= 15 is 0 Å². The van der Waals surface area contributed by atoms with Crippen molar-refractivity contribution >= 4 is 11.8 Å². The molecule has 0 aliphatic carbocycles. The minimum absolute atomic E-state index is 0.0902. The topological polar surface area (TPSA) is 77.5 Å². The summed E-state index contributed by atoms with van der Waals surface area (Å²) < 4.78 is 23.0. The van der Waals surface area contributed by atoms with Gasteiger partial charge in [0.05, 0.1) is 39.5 Å². The minimum Gasteiger partial charge on any atom is -0.497 e. The van der Waals surface area contributed by atoms with Gasteiger partial charge in [0.25, 0.3) is 11.8 Å². The van der Waals surface area contributed by atoms with Gasteiger partial charge in [-0.1, -0.05) is 84.9 Å². The summed E-state index contributed by atoms with van der Waals surface area (Å²) in [6.07, 6.45) is -1.23. The first-order chi connectivity index (χ1) is 21.6. The Morgan fingerprint density at radius 1 is 0.523 bits per heavy atom. The summed E-state index contributed by atoms with van der Waals surface area (Å²) in [6, 6.07) is 34.5. The smallest absolute Gasteiger partial charge is 0.254 e. The number of hydrogen-bond donors (Lipinski definition) is 0. The van der Waals surface area contributed by atoms with Crippen molar-refractivity contribution in [1.82, 2.24) is 9.80 Å². The molecule has 8 nitrogen and oxygen atoms in total. The molecule has 6 rings (SSSR count). The fourth-order valence-corrected chi connectivity index (χ4v) is 5.90. The van der Waals surface area contributed by atoms with Gasteiger partial charge in [-0.25, -0.2) is 0 Å². The summed E-state index contributed by atoms with van der Waals surface area (Å²) in [5, 5.41) is 0. The van der Waals surface area contributed by atoms with Crippen LogP contribution in [-0.4, -0.2) is 61.1 Å². The Balaban J connectivity index is 1.18. The summed E-state index contributed by atoms with van der Waals surface area (Å²) in [4.78, 5) is 30.5. The number of likely N-dealkylation sites (tertiary alicyclic amines) is 2. The fraction of sp³-hybridized carbons (Fsp3) is 0.278. The van der Waals surface area contributed by atoms with Crippen LogP contribution >= 0.6 is 0 Å². The fourth-order valence-electron chi connectivity index (χ4n) is 5.90. The second-order valence-corrected chi connectivity index (χ2v) is 10.9. The van der Waals surface area contributed by atoms with Crippen molar-refractivity contribution < 1.29 is 28.5 Å². The average molecular weight is 593 g/mol. The van der Waals surface area contributed by atoms with E-state index in [4.69, 9.17) is 18.9 Å². The number of carbonyl (C=O) groups is 2. The molecule has 4 atom stereocenters. The standard InChI is InChI=1S/C36H36N2O6/c1-41-29-17-13-27(14-18-29)31-33(43-23-25-9-5-3-6-10-25)35(39)37(31)21-22-38-32(28-15-19-30(42-2)20-16-28)34(36(38)40)44-24-26-11-7-4-8-12-26/h3-20,31-34H,21-24H2,1-2H3/t31-,32+,33+,34-. The Kier molecular flexibility index (Phi) is 8.91. The molecule has 44 heavy (non-hydrogen) atoms. The first kappa shape index (κ1) is 29.4. The van der Waals surface area contributed by atoms with Crippen LogP contribution in [0.2, 0.25) is 0 Å². The summed E-state index contributed by atoms with van der Waals surface area (Å²) in [5.41, 5.74) is 3.91. The third-order valence-corrected chi connectivity index (χ3v) is 8.34. The highest BCUT2D eigenvalue weighted by Gasteiger charge is 2.52. The van der Waals surface area contributed by atoms with Gasteiger partial charge in [-0.3, -0.25) is 9.59 Å². The summed E-state index contributed by atoms with van der Waals surface area (Å²) in [7, 11) is 3.25. The SMILES string of the molecule is COc1ccc([C@@H]2[C@H](OCc3ccccc3)C(=O)N2CCN2C(=O)[C@H](OCc3ccccc3)[C@@H]2c2ccc(OC)cc2)cc1. The van der Waals surface area contributed by atoms with E-state index in [1.54, 1.807) is 24.0 Å². The molecule has 0 saturated carbocycles. The van der Waals surface area contributed by atoms with Gasteiger partial charge in [0.2, 0.25) is 0 Å². The zero-order valence-electron chi connectivity index (χ0n) is 24.9. The third kappa shape index (κ3) is 6.04. The van der Waals surface area contributed by atoms with Crippen LogP contribution in [0.15, 0.2) is 109 Å². The summed E-state index contributed by atoms with van der Waals surface area (Å²) in [6.45, 7) is 1.40. The van der Waals surface area contributed by atoms with Crippen molar-refractivity contribution in [2.24, 2.45) is 0 Å². The Bertz CT molecular complexity index is 1430. The van der Waals surface area contributed by atoms with Crippen LogP contribution in [0.3, 0.4) is 0 Å².